The van der Waals surface area contributed by atoms with Crippen LogP contribution >= 0.6 is 0 Å². The third kappa shape index (κ3) is 6.77. The molecule has 2 rings (SSSR count). The molecule has 0 fully saturated rings. The van der Waals surface area contributed by atoms with Gasteiger partial charge in [0.2, 0.25) is 5.91 Å². The van der Waals surface area contributed by atoms with Crippen molar-refractivity contribution in [2.75, 3.05) is 7.11 Å². The average Bonchev–Trinajstić information content (AvgIpc) is 2.66. The summed E-state index contributed by atoms with van der Waals surface area (Å²) in [6, 6.07) is 17.2. The third-order valence-electron chi connectivity index (χ3n) is 4.56. The molecule has 0 aliphatic rings. The van der Waals surface area contributed by atoms with Gasteiger partial charge in [0.15, 0.2) is 0 Å². The number of hydrogen-bond donors (Lipinski definition) is 2. The first-order chi connectivity index (χ1) is 13.0. The monoisotopic (exact) mass is 369 g/mol. The number of carbonyl (C=O) groups excluding carboxylic acids is 1. The van der Waals surface area contributed by atoms with E-state index < -0.39 is 5.97 Å². The zero-order valence-corrected chi connectivity index (χ0v) is 15.9. The molecule has 5 nitrogen and oxygen atoms in total. The van der Waals surface area contributed by atoms with Crippen LogP contribution in [0.2, 0.25) is 0 Å². The first-order valence-electron chi connectivity index (χ1n) is 9.17. The fourth-order valence-corrected chi connectivity index (χ4v) is 3.17. The van der Waals surface area contributed by atoms with E-state index in [4.69, 9.17) is 9.84 Å². The summed E-state index contributed by atoms with van der Waals surface area (Å²) in [4.78, 5) is 23.5. The molecule has 5 heteroatoms. The highest BCUT2D eigenvalue weighted by molar-refractivity contribution is 5.77. The largest absolute Gasteiger partial charge is 0.496 e. The zero-order chi connectivity index (χ0) is 19.6. The van der Waals surface area contributed by atoms with Crippen molar-refractivity contribution in [2.24, 2.45) is 0 Å². The minimum atomic E-state index is -0.857. The second-order valence-corrected chi connectivity index (χ2v) is 6.73. The molecule has 2 unspecified atom stereocenters. The first-order valence-corrected chi connectivity index (χ1v) is 9.17. The van der Waals surface area contributed by atoms with Gasteiger partial charge >= 0.3 is 5.97 Å². The highest BCUT2D eigenvalue weighted by Crippen LogP contribution is 2.28. The normalized spacial score (nSPS) is 12.8. The van der Waals surface area contributed by atoms with Crippen LogP contribution in [0.4, 0.5) is 0 Å². The van der Waals surface area contributed by atoms with Gasteiger partial charge in [0.1, 0.15) is 5.75 Å². The van der Waals surface area contributed by atoms with Crippen LogP contribution < -0.4 is 10.1 Å². The van der Waals surface area contributed by atoms with Gasteiger partial charge in [0.05, 0.1) is 7.11 Å². The number of carboxylic acid groups (broad SMARTS) is 1. The molecule has 0 heterocycles. The molecule has 0 saturated carbocycles. The summed E-state index contributed by atoms with van der Waals surface area (Å²) in [5.41, 5.74) is 2.06. The summed E-state index contributed by atoms with van der Waals surface area (Å²) in [7, 11) is 1.62. The molecular formula is C22H27NO4. The van der Waals surface area contributed by atoms with E-state index in [1.807, 2.05) is 61.5 Å². The Bertz CT molecular complexity index is 745. The van der Waals surface area contributed by atoms with Crippen LogP contribution in [0, 0.1) is 0 Å². The molecule has 0 bridgehead atoms. The van der Waals surface area contributed by atoms with Crippen molar-refractivity contribution in [3.8, 4) is 5.75 Å². The number of para-hydroxylation sites is 1. The number of benzene rings is 2. The Kier molecular flexibility index (Phi) is 7.86. The summed E-state index contributed by atoms with van der Waals surface area (Å²) in [6.45, 7) is 1.99. The van der Waals surface area contributed by atoms with Crippen molar-refractivity contribution in [3.63, 3.8) is 0 Å². The summed E-state index contributed by atoms with van der Waals surface area (Å²) in [5.74, 6) is -0.174. The molecule has 2 aromatic rings. The van der Waals surface area contributed by atoms with E-state index in [0.717, 1.165) is 16.9 Å². The van der Waals surface area contributed by atoms with Crippen molar-refractivity contribution in [2.45, 2.75) is 44.6 Å². The fraction of sp³-hybridized carbons (Fsp3) is 0.364. The van der Waals surface area contributed by atoms with Crippen LogP contribution in [0.15, 0.2) is 54.6 Å². The Morgan fingerprint density at radius 3 is 2.41 bits per heavy atom. The van der Waals surface area contributed by atoms with Crippen LogP contribution in [0.1, 0.15) is 43.2 Å². The average molecular weight is 369 g/mol. The summed E-state index contributed by atoms with van der Waals surface area (Å²) in [6.07, 6.45) is 1.36. The number of hydrogen-bond acceptors (Lipinski definition) is 3. The van der Waals surface area contributed by atoms with E-state index in [9.17, 15) is 9.59 Å². The van der Waals surface area contributed by atoms with Crippen LogP contribution in [0.3, 0.4) is 0 Å². The van der Waals surface area contributed by atoms with E-state index in [2.05, 4.69) is 5.32 Å². The van der Waals surface area contributed by atoms with Crippen LogP contribution in [0.25, 0.3) is 0 Å². The van der Waals surface area contributed by atoms with Gasteiger partial charge in [0, 0.05) is 18.9 Å². The van der Waals surface area contributed by atoms with Gasteiger partial charge < -0.3 is 15.2 Å². The second-order valence-electron chi connectivity index (χ2n) is 6.73. The zero-order valence-electron chi connectivity index (χ0n) is 15.9. The van der Waals surface area contributed by atoms with Gasteiger partial charge in [-0.2, -0.15) is 0 Å². The van der Waals surface area contributed by atoms with Crippen molar-refractivity contribution in [1.82, 2.24) is 5.32 Å². The Labute approximate surface area is 160 Å². The van der Waals surface area contributed by atoms with Gasteiger partial charge in [-0.3, -0.25) is 9.59 Å². The Balaban J connectivity index is 2.00. The lowest BCUT2D eigenvalue weighted by molar-refractivity contribution is -0.137. The van der Waals surface area contributed by atoms with Crippen LogP contribution in [-0.2, 0) is 16.0 Å². The Hall–Kier alpha value is -2.82. The maximum absolute atomic E-state index is 12.6. The highest BCUT2D eigenvalue weighted by atomic mass is 16.5. The topological polar surface area (TPSA) is 75.6 Å². The highest BCUT2D eigenvalue weighted by Gasteiger charge is 2.19. The lowest BCUT2D eigenvalue weighted by Gasteiger charge is -2.20. The van der Waals surface area contributed by atoms with Crippen molar-refractivity contribution >= 4 is 11.9 Å². The van der Waals surface area contributed by atoms with Crippen LogP contribution in [0.5, 0.6) is 5.75 Å². The van der Waals surface area contributed by atoms with E-state index in [0.29, 0.717) is 19.3 Å². The van der Waals surface area contributed by atoms with E-state index in [1.54, 1.807) is 7.11 Å². The summed E-state index contributed by atoms with van der Waals surface area (Å²) < 4.78 is 5.38. The van der Waals surface area contributed by atoms with E-state index >= 15 is 0 Å². The van der Waals surface area contributed by atoms with Gasteiger partial charge in [-0.05, 0) is 36.0 Å². The molecule has 0 saturated heterocycles. The van der Waals surface area contributed by atoms with E-state index in [-0.39, 0.29) is 24.3 Å². The first kappa shape index (κ1) is 20.5. The molecule has 27 heavy (non-hydrogen) atoms. The number of aliphatic carboxylic acids is 1. The van der Waals surface area contributed by atoms with Crippen molar-refractivity contribution in [3.05, 3.63) is 65.7 Å². The SMILES string of the molecule is COc1ccccc1C(C)CC(=O)NC(CCC(=O)O)Cc1ccccc1. The lowest BCUT2D eigenvalue weighted by Crippen LogP contribution is -2.37. The quantitative estimate of drug-likeness (QED) is 0.668. The van der Waals surface area contributed by atoms with Gasteiger partial charge in [-0.15, -0.1) is 0 Å². The van der Waals surface area contributed by atoms with E-state index in [1.165, 1.54) is 0 Å². The van der Waals surface area contributed by atoms with Gasteiger partial charge in [0.25, 0.3) is 0 Å². The number of carboxylic acids is 1. The molecule has 2 aromatic carbocycles. The molecule has 2 atom stereocenters. The number of methoxy groups -OCH3 is 1. The standard InChI is InChI=1S/C22H27NO4/c1-16(19-10-6-7-11-20(19)27-2)14-21(24)23-18(12-13-22(25)26)15-17-8-4-3-5-9-17/h3-11,16,18H,12-15H2,1-2H3,(H,23,24)(H,25,26). The molecular weight excluding hydrogens is 342 g/mol. The number of rotatable bonds is 10. The molecule has 2 N–H and O–H groups in total. The maximum atomic E-state index is 12.6. The molecule has 0 aromatic heterocycles. The van der Waals surface area contributed by atoms with Gasteiger partial charge in [-0.25, -0.2) is 0 Å². The smallest absolute Gasteiger partial charge is 0.303 e. The predicted molar refractivity (Wildman–Crippen MR) is 105 cm³/mol. The molecule has 0 radical (unpaired) electrons. The van der Waals surface area contributed by atoms with Gasteiger partial charge in [-0.1, -0.05) is 55.5 Å². The fourth-order valence-electron chi connectivity index (χ4n) is 3.17. The maximum Gasteiger partial charge on any atom is 0.303 e. The third-order valence-corrected chi connectivity index (χ3v) is 4.56. The summed E-state index contributed by atoms with van der Waals surface area (Å²) in [5, 5.41) is 12.0. The molecule has 0 spiro atoms. The number of nitrogens with one attached hydrogen (secondary N) is 1. The number of carbonyl (C=O) groups is 2. The minimum Gasteiger partial charge on any atom is -0.496 e. The van der Waals surface area contributed by atoms with Crippen molar-refractivity contribution < 1.29 is 19.4 Å². The molecule has 144 valence electrons. The second kappa shape index (κ2) is 10.4. The molecule has 1 amide bonds. The molecule has 0 aliphatic carbocycles. The lowest BCUT2D eigenvalue weighted by atomic mass is 9.95. The van der Waals surface area contributed by atoms with Crippen molar-refractivity contribution in [1.29, 1.82) is 0 Å². The predicted octanol–water partition coefficient (Wildman–Crippen LogP) is 3.78. The molecule has 0 aliphatic heterocycles. The minimum absolute atomic E-state index is 0.00185. The number of ether oxygens (including phenoxy) is 1. The summed E-state index contributed by atoms with van der Waals surface area (Å²) >= 11 is 0. The number of amides is 1. The Morgan fingerprint density at radius 2 is 1.74 bits per heavy atom. The van der Waals surface area contributed by atoms with Crippen LogP contribution in [-0.4, -0.2) is 30.1 Å². The Morgan fingerprint density at radius 1 is 1.07 bits per heavy atom.